The molecule has 1 aliphatic heterocycles. The maximum Gasteiger partial charge on any atom is 0.253 e. The van der Waals surface area contributed by atoms with E-state index in [1.54, 1.807) is 9.80 Å². The van der Waals surface area contributed by atoms with Crippen LogP contribution in [0.15, 0.2) is 48.5 Å². The quantitative estimate of drug-likeness (QED) is 0.591. The largest absolute Gasteiger partial charge is 0.339 e. The van der Waals surface area contributed by atoms with E-state index >= 15 is 0 Å². The molecule has 0 atom stereocenters. The Hall–Kier alpha value is -2.87. The van der Waals surface area contributed by atoms with E-state index < -0.39 is 0 Å². The molecule has 1 aliphatic rings. The minimum atomic E-state index is -0.00486. The van der Waals surface area contributed by atoms with E-state index in [-0.39, 0.29) is 36.6 Å². The normalized spacial score (nSPS) is 13.7. The number of nitrogens with two attached hydrogens (primary N) is 1. The highest BCUT2D eigenvalue weighted by atomic mass is 35.5. The van der Waals surface area contributed by atoms with Crippen molar-refractivity contribution in [2.75, 3.05) is 32.7 Å². The molecule has 1 fully saturated rings. The van der Waals surface area contributed by atoms with Crippen LogP contribution in [0.5, 0.6) is 0 Å². The van der Waals surface area contributed by atoms with Crippen molar-refractivity contribution in [2.45, 2.75) is 6.42 Å². The molecule has 0 aliphatic carbocycles. The molecule has 0 radical (unpaired) electrons. The standard InChI is InChI=1S/C23H25N5O2.2ClH/c24-12-11-22(29)27-13-15-28(16-14-27)23(30)18-8-5-17(6-9-18)7-10-21-19-3-1-2-4-20(19)25-26-21;;/h1-10H,11-16,24H2,(H,25,26);2*1H. The highest BCUT2D eigenvalue weighted by Gasteiger charge is 2.24. The van der Waals surface area contributed by atoms with Gasteiger partial charge in [0.2, 0.25) is 5.91 Å². The van der Waals surface area contributed by atoms with Crippen LogP contribution >= 0.6 is 24.8 Å². The summed E-state index contributed by atoms with van der Waals surface area (Å²) < 4.78 is 0. The van der Waals surface area contributed by atoms with Gasteiger partial charge in [-0.2, -0.15) is 5.10 Å². The van der Waals surface area contributed by atoms with Gasteiger partial charge in [0.1, 0.15) is 0 Å². The molecule has 1 saturated heterocycles. The zero-order valence-electron chi connectivity index (χ0n) is 17.6. The van der Waals surface area contributed by atoms with Gasteiger partial charge in [0.25, 0.3) is 5.91 Å². The van der Waals surface area contributed by atoms with Crippen LogP contribution in [0, 0.1) is 0 Å². The van der Waals surface area contributed by atoms with Crippen LogP contribution in [0.25, 0.3) is 23.1 Å². The summed E-state index contributed by atoms with van der Waals surface area (Å²) in [7, 11) is 0. The lowest BCUT2D eigenvalue weighted by atomic mass is 10.1. The topological polar surface area (TPSA) is 95.3 Å². The number of aromatic nitrogens is 2. The summed E-state index contributed by atoms with van der Waals surface area (Å²) in [5, 5.41) is 8.43. The Labute approximate surface area is 199 Å². The van der Waals surface area contributed by atoms with Crippen molar-refractivity contribution >= 4 is 59.7 Å². The Morgan fingerprint density at radius 3 is 2.28 bits per heavy atom. The molecule has 1 aromatic heterocycles. The second kappa shape index (κ2) is 11.7. The highest BCUT2D eigenvalue weighted by molar-refractivity contribution is 5.95. The first kappa shape index (κ1) is 25.4. The summed E-state index contributed by atoms with van der Waals surface area (Å²) in [5.74, 6) is 0.0557. The number of fused-ring (bicyclic) bond motifs is 1. The summed E-state index contributed by atoms with van der Waals surface area (Å²) in [6.07, 6.45) is 4.31. The number of carbonyl (C=O) groups excluding carboxylic acids is 2. The first-order chi connectivity index (χ1) is 14.7. The maximum absolute atomic E-state index is 12.8. The van der Waals surface area contributed by atoms with Crippen molar-refractivity contribution in [3.8, 4) is 0 Å². The van der Waals surface area contributed by atoms with E-state index in [9.17, 15) is 9.59 Å². The number of nitrogens with zero attached hydrogens (tertiary/aromatic N) is 3. The van der Waals surface area contributed by atoms with Crippen LogP contribution in [-0.4, -0.2) is 64.5 Å². The molecule has 4 rings (SSSR count). The number of benzene rings is 2. The SMILES string of the molecule is Cl.Cl.NCCC(=O)N1CCN(C(=O)c2ccc(C=Cc3n[nH]c4ccccc34)cc2)CC1. The van der Waals surface area contributed by atoms with Crippen molar-refractivity contribution < 1.29 is 9.59 Å². The number of halogens is 2. The number of nitrogens with one attached hydrogen (secondary N) is 1. The van der Waals surface area contributed by atoms with Gasteiger partial charge in [0.05, 0.1) is 11.2 Å². The van der Waals surface area contributed by atoms with Crippen molar-refractivity contribution in [1.82, 2.24) is 20.0 Å². The molecule has 0 spiro atoms. The average Bonchev–Trinajstić information content (AvgIpc) is 3.21. The lowest BCUT2D eigenvalue weighted by Gasteiger charge is -2.34. The number of hydrogen-bond donors (Lipinski definition) is 2. The van der Waals surface area contributed by atoms with Gasteiger partial charge in [-0.15, -0.1) is 24.8 Å². The Balaban J connectivity index is 0.00000181. The number of piperazine rings is 1. The van der Waals surface area contributed by atoms with E-state index in [1.165, 1.54) is 0 Å². The van der Waals surface area contributed by atoms with E-state index in [0.29, 0.717) is 44.7 Å². The van der Waals surface area contributed by atoms with Crippen LogP contribution in [0.2, 0.25) is 0 Å². The first-order valence-electron chi connectivity index (χ1n) is 10.1. The highest BCUT2D eigenvalue weighted by Crippen LogP contribution is 2.18. The fraction of sp³-hybridized carbons (Fsp3) is 0.261. The number of carbonyl (C=O) groups is 2. The lowest BCUT2D eigenvalue weighted by Crippen LogP contribution is -2.50. The van der Waals surface area contributed by atoms with E-state index in [1.807, 2.05) is 60.7 Å². The molecule has 3 aromatic rings. The van der Waals surface area contributed by atoms with Gasteiger partial charge in [-0.05, 0) is 29.8 Å². The number of H-pyrrole nitrogens is 1. The molecule has 2 heterocycles. The fourth-order valence-corrected chi connectivity index (χ4v) is 3.65. The number of amides is 2. The molecular formula is C23H27Cl2N5O2. The average molecular weight is 476 g/mol. The van der Waals surface area contributed by atoms with Crippen LogP contribution in [0.4, 0.5) is 0 Å². The predicted octanol–water partition coefficient (Wildman–Crippen LogP) is 3.21. The molecule has 32 heavy (non-hydrogen) atoms. The molecule has 7 nitrogen and oxygen atoms in total. The summed E-state index contributed by atoms with van der Waals surface area (Å²) in [6, 6.07) is 15.5. The zero-order valence-corrected chi connectivity index (χ0v) is 19.2. The molecule has 0 saturated carbocycles. The number of aromatic amines is 1. The molecule has 170 valence electrons. The third-order valence-corrected chi connectivity index (χ3v) is 5.37. The van der Waals surface area contributed by atoms with Crippen molar-refractivity contribution in [1.29, 1.82) is 0 Å². The Morgan fingerprint density at radius 2 is 1.59 bits per heavy atom. The lowest BCUT2D eigenvalue weighted by molar-refractivity contribution is -0.132. The van der Waals surface area contributed by atoms with Crippen molar-refractivity contribution in [3.05, 3.63) is 65.4 Å². The third-order valence-electron chi connectivity index (χ3n) is 5.37. The third kappa shape index (κ3) is 5.68. The second-order valence-corrected chi connectivity index (χ2v) is 7.32. The number of hydrogen-bond acceptors (Lipinski definition) is 4. The van der Waals surface area contributed by atoms with Gasteiger partial charge in [0.15, 0.2) is 0 Å². The fourth-order valence-electron chi connectivity index (χ4n) is 3.65. The van der Waals surface area contributed by atoms with Crippen LogP contribution in [0.1, 0.15) is 28.0 Å². The number of para-hydroxylation sites is 1. The molecule has 2 amide bonds. The first-order valence-corrected chi connectivity index (χ1v) is 10.1. The zero-order chi connectivity index (χ0) is 20.9. The summed E-state index contributed by atoms with van der Waals surface area (Å²) in [4.78, 5) is 28.3. The predicted molar refractivity (Wildman–Crippen MR) is 132 cm³/mol. The van der Waals surface area contributed by atoms with E-state index in [0.717, 1.165) is 22.2 Å². The summed E-state index contributed by atoms with van der Waals surface area (Å²) >= 11 is 0. The maximum atomic E-state index is 12.8. The van der Waals surface area contributed by atoms with Crippen molar-refractivity contribution in [3.63, 3.8) is 0 Å². The Kier molecular flexibility index (Phi) is 9.26. The van der Waals surface area contributed by atoms with Crippen LogP contribution < -0.4 is 5.73 Å². The monoisotopic (exact) mass is 475 g/mol. The molecule has 2 aromatic carbocycles. The Bertz CT molecular complexity index is 1070. The molecular weight excluding hydrogens is 449 g/mol. The minimum Gasteiger partial charge on any atom is -0.339 e. The van der Waals surface area contributed by atoms with Gasteiger partial charge < -0.3 is 15.5 Å². The van der Waals surface area contributed by atoms with E-state index in [2.05, 4.69) is 10.2 Å². The molecule has 0 unspecified atom stereocenters. The van der Waals surface area contributed by atoms with Crippen molar-refractivity contribution in [2.24, 2.45) is 5.73 Å². The minimum absolute atomic E-state index is 0. The smallest absolute Gasteiger partial charge is 0.253 e. The van der Waals surface area contributed by atoms with E-state index in [4.69, 9.17) is 5.73 Å². The van der Waals surface area contributed by atoms with Crippen LogP contribution in [-0.2, 0) is 4.79 Å². The van der Waals surface area contributed by atoms with Gasteiger partial charge >= 0.3 is 0 Å². The van der Waals surface area contributed by atoms with Crippen LogP contribution in [0.3, 0.4) is 0 Å². The van der Waals surface area contributed by atoms with Gasteiger partial charge in [-0.1, -0.05) is 36.4 Å². The van der Waals surface area contributed by atoms with Gasteiger partial charge in [-0.25, -0.2) is 0 Å². The molecule has 0 bridgehead atoms. The number of rotatable bonds is 5. The second-order valence-electron chi connectivity index (χ2n) is 7.32. The van der Waals surface area contributed by atoms with Gasteiger partial charge in [-0.3, -0.25) is 14.7 Å². The Morgan fingerprint density at radius 1 is 0.938 bits per heavy atom. The molecule has 9 heteroatoms. The summed E-state index contributed by atoms with van der Waals surface area (Å²) in [5.41, 5.74) is 8.98. The summed E-state index contributed by atoms with van der Waals surface area (Å²) in [6.45, 7) is 2.56. The van der Waals surface area contributed by atoms with Gasteiger partial charge in [0, 0.05) is 50.1 Å². The molecule has 3 N–H and O–H groups in total.